The van der Waals surface area contributed by atoms with Crippen LogP contribution in [-0.2, 0) is 0 Å². The van der Waals surface area contributed by atoms with Gasteiger partial charge < -0.3 is 15.6 Å². The molecule has 120 valence electrons. The van der Waals surface area contributed by atoms with Crippen LogP contribution in [0.15, 0.2) is 0 Å². The molecule has 2 heterocycles. The first kappa shape index (κ1) is 19.0. The number of aromatic amines is 1. The van der Waals surface area contributed by atoms with E-state index in [1.807, 2.05) is 0 Å². The first-order chi connectivity index (χ1) is 9.54. The molecule has 1 saturated heterocycles. The van der Waals surface area contributed by atoms with Gasteiger partial charge in [-0.1, -0.05) is 23.2 Å². The van der Waals surface area contributed by atoms with Gasteiger partial charge in [-0.25, -0.2) is 0 Å². The zero-order chi connectivity index (χ0) is 14.7. The predicted molar refractivity (Wildman–Crippen MR) is 93.4 cm³/mol. The van der Waals surface area contributed by atoms with Crippen molar-refractivity contribution in [3.63, 3.8) is 0 Å². The summed E-state index contributed by atoms with van der Waals surface area (Å²) in [6.07, 6.45) is 3.01. The first-order valence-corrected chi connectivity index (χ1v) is 8.73. The van der Waals surface area contributed by atoms with Crippen molar-refractivity contribution in [1.82, 2.24) is 15.6 Å². The maximum Gasteiger partial charge on any atom is 0.269 e. The van der Waals surface area contributed by atoms with E-state index >= 15 is 0 Å². The van der Waals surface area contributed by atoms with Crippen molar-refractivity contribution in [3.8, 4) is 0 Å². The molecule has 1 fully saturated rings. The number of piperidine rings is 1. The average Bonchev–Trinajstić information content (AvgIpc) is 2.69. The zero-order valence-electron chi connectivity index (χ0n) is 12.0. The number of carbonyl (C=O) groups excluding carboxylic acids is 1. The van der Waals surface area contributed by atoms with E-state index in [1.165, 1.54) is 0 Å². The Morgan fingerprint density at radius 1 is 1.43 bits per heavy atom. The van der Waals surface area contributed by atoms with Crippen LogP contribution < -0.4 is 10.6 Å². The molecular formula is C13H20Cl3N3OS. The van der Waals surface area contributed by atoms with Gasteiger partial charge in [-0.05, 0) is 31.9 Å². The largest absolute Gasteiger partial charge is 0.352 e. The Morgan fingerprint density at radius 3 is 2.71 bits per heavy atom. The second kappa shape index (κ2) is 8.53. The fraction of sp³-hybridized carbons (Fsp3) is 0.615. The van der Waals surface area contributed by atoms with Crippen LogP contribution in [0.2, 0.25) is 10.0 Å². The number of halogens is 3. The van der Waals surface area contributed by atoms with Crippen molar-refractivity contribution >= 4 is 53.3 Å². The minimum atomic E-state index is -0.178. The summed E-state index contributed by atoms with van der Waals surface area (Å²) in [5.41, 5.74) is 1.07. The lowest BCUT2D eigenvalue weighted by atomic mass is 9.95. The number of rotatable bonds is 4. The van der Waals surface area contributed by atoms with Gasteiger partial charge in [-0.2, -0.15) is 11.8 Å². The summed E-state index contributed by atoms with van der Waals surface area (Å²) in [6, 6.07) is 0.176. The fourth-order valence-corrected chi connectivity index (χ4v) is 3.67. The van der Waals surface area contributed by atoms with E-state index in [1.54, 1.807) is 18.7 Å². The molecule has 0 bridgehead atoms. The number of aromatic nitrogens is 1. The lowest BCUT2D eigenvalue weighted by Crippen LogP contribution is -2.50. The summed E-state index contributed by atoms with van der Waals surface area (Å²) in [5, 5.41) is 7.17. The Bertz CT molecular complexity index is 493. The van der Waals surface area contributed by atoms with Gasteiger partial charge in [0, 0.05) is 24.2 Å². The molecule has 0 saturated carbocycles. The van der Waals surface area contributed by atoms with Crippen molar-refractivity contribution in [2.75, 3.05) is 25.1 Å². The molecular weight excluding hydrogens is 353 g/mol. The van der Waals surface area contributed by atoms with Crippen molar-refractivity contribution in [3.05, 3.63) is 21.4 Å². The van der Waals surface area contributed by atoms with Crippen molar-refractivity contribution in [1.29, 1.82) is 0 Å². The second-order valence-corrected chi connectivity index (χ2v) is 6.71. The summed E-state index contributed by atoms with van der Waals surface area (Å²) in [7, 11) is 0. The minimum absolute atomic E-state index is 0. The minimum Gasteiger partial charge on any atom is -0.352 e. The topological polar surface area (TPSA) is 56.9 Å². The molecule has 0 radical (unpaired) electrons. The molecule has 0 aromatic carbocycles. The van der Waals surface area contributed by atoms with Crippen LogP contribution in [0.5, 0.6) is 0 Å². The maximum atomic E-state index is 12.3. The van der Waals surface area contributed by atoms with Crippen LogP contribution in [0, 0.1) is 12.8 Å². The Labute approximate surface area is 145 Å². The number of carbonyl (C=O) groups is 1. The Balaban J connectivity index is 0.00000220. The van der Waals surface area contributed by atoms with E-state index in [2.05, 4.69) is 21.9 Å². The SMILES string of the molecule is CSC[C@H]1CNCC[C@H]1NC(=O)c1[nH]c(C)c(Cl)c1Cl.Cl. The van der Waals surface area contributed by atoms with Gasteiger partial charge in [0.05, 0.1) is 10.0 Å². The molecule has 21 heavy (non-hydrogen) atoms. The molecule has 0 spiro atoms. The van der Waals surface area contributed by atoms with E-state index in [0.29, 0.717) is 27.4 Å². The van der Waals surface area contributed by atoms with Gasteiger partial charge in [-0.15, -0.1) is 12.4 Å². The molecule has 0 aliphatic carbocycles. The Hall–Kier alpha value is -0.0700. The zero-order valence-corrected chi connectivity index (χ0v) is 15.1. The van der Waals surface area contributed by atoms with Crippen LogP contribution >= 0.6 is 47.4 Å². The standard InChI is InChI=1S/C13H19Cl2N3OS.ClH/c1-7-10(14)11(15)12(17-7)13(19)18-9-3-4-16-5-8(9)6-20-2;/h8-9,16-17H,3-6H2,1-2H3,(H,18,19);1H/t8-,9-;/m1./s1. The third kappa shape index (κ3) is 4.45. The van der Waals surface area contributed by atoms with E-state index in [9.17, 15) is 4.79 Å². The fourth-order valence-electron chi connectivity index (χ4n) is 2.47. The third-order valence-corrected chi connectivity index (χ3v) is 5.29. The van der Waals surface area contributed by atoms with Crippen molar-refractivity contribution in [2.45, 2.75) is 19.4 Å². The molecule has 4 nitrogen and oxygen atoms in total. The molecule has 1 aromatic heterocycles. The van der Waals surface area contributed by atoms with Gasteiger partial charge in [-0.3, -0.25) is 4.79 Å². The van der Waals surface area contributed by atoms with Gasteiger partial charge in [0.25, 0.3) is 5.91 Å². The first-order valence-electron chi connectivity index (χ1n) is 6.58. The monoisotopic (exact) mass is 371 g/mol. The summed E-state index contributed by atoms with van der Waals surface area (Å²) in [6.45, 7) is 3.66. The lowest BCUT2D eigenvalue weighted by molar-refractivity contribution is 0.0910. The Morgan fingerprint density at radius 2 is 2.14 bits per heavy atom. The molecule has 8 heteroatoms. The van der Waals surface area contributed by atoms with E-state index in [4.69, 9.17) is 23.2 Å². The lowest BCUT2D eigenvalue weighted by Gasteiger charge is -2.32. The summed E-state index contributed by atoms with van der Waals surface area (Å²) >= 11 is 13.9. The van der Waals surface area contributed by atoms with Gasteiger partial charge in [0.2, 0.25) is 0 Å². The molecule has 1 amide bonds. The van der Waals surface area contributed by atoms with Crippen LogP contribution in [-0.4, -0.2) is 42.0 Å². The third-order valence-electron chi connectivity index (χ3n) is 3.59. The van der Waals surface area contributed by atoms with Gasteiger partial charge in [0.15, 0.2) is 0 Å². The number of hydrogen-bond acceptors (Lipinski definition) is 3. The summed E-state index contributed by atoms with van der Waals surface area (Å²) < 4.78 is 0. The molecule has 0 unspecified atom stereocenters. The highest BCUT2D eigenvalue weighted by Gasteiger charge is 2.28. The molecule has 1 aliphatic rings. The van der Waals surface area contributed by atoms with E-state index in [-0.39, 0.29) is 24.4 Å². The van der Waals surface area contributed by atoms with Gasteiger partial charge in [0.1, 0.15) is 5.69 Å². The second-order valence-electron chi connectivity index (χ2n) is 5.04. The van der Waals surface area contributed by atoms with Crippen LogP contribution in [0.1, 0.15) is 22.6 Å². The smallest absolute Gasteiger partial charge is 0.269 e. The number of nitrogens with one attached hydrogen (secondary N) is 3. The molecule has 2 atom stereocenters. The number of aryl methyl sites for hydroxylation is 1. The number of H-pyrrole nitrogens is 1. The number of thioether (sulfide) groups is 1. The highest BCUT2D eigenvalue weighted by atomic mass is 35.5. The number of hydrogen-bond donors (Lipinski definition) is 3. The quantitative estimate of drug-likeness (QED) is 0.761. The molecule has 1 aromatic rings. The van der Waals surface area contributed by atoms with E-state index in [0.717, 1.165) is 25.3 Å². The summed E-state index contributed by atoms with van der Waals surface area (Å²) in [5.74, 6) is 1.28. The van der Waals surface area contributed by atoms with Gasteiger partial charge >= 0.3 is 0 Å². The molecule has 1 aliphatic heterocycles. The highest BCUT2D eigenvalue weighted by molar-refractivity contribution is 7.98. The predicted octanol–water partition coefficient (Wildman–Crippen LogP) is 3.12. The van der Waals surface area contributed by atoms with Crippen LogP contribution in [0.3, 0.4) is 0 Å². The number of amides is 1. The molecule has 2 rings (SSSR count). The van der Waals surface area contributed by atoms with Crippen LogP contribution in [0.25, 0.3) is 0 Å². The highest BCUT2D eigenvalue weighted by Crippen LogP contribution is 2.29. The maximum absolute atomic E-state index is 12.3. The Kier molecular flexibility index (Phi) is 7.71. The average molecular weight is 373 g/mol. The van der Waals surface area contributed by atoms with Crippen molar-refractivity contribution < 1.29 is 4.79 Å². The summed E-state index contributed by atoms with van der Waals surface area (Å²) in [4.78, 5) is 15.3. The van der Waals surface area contributed by atoms with Crippen LogP contribution in [0.4, 0.5) is 0 Å². The van der Waals surface area contributed by atoms with E-state index < -0.39 is 0 Å². The normalized spacial score (nSPS) is 21.7. The molecule has 3 N–H and O–H groups in total. The van der Waals surface area contributed by atoms with Crippen molar-refractivity contribution in [2.24, 2.45) is 5.92 Å².